The number of carbonyl (C=O) groups is 2. The quantitative estimate of drug-likeness (QED) is 0.263. The number of phenols is 1. The molecular weight excluding hydrogens is 613 g/mol. The lowest BCUT2D eigenvalue weighted by atomic mass is 9.96. The van der Waals surface area contributed by atoms with Crippen LogP contribution in [-0.2, 0) is 9.53 Å². The summed E-state index contributed by atoms with van der Waals surface area (Å²) in [5.74, 6) is -0.287. The molecule has 0 saturated carbocycles. The average Bonchev–Trinajstić information content (AvgIpc) is 3.53. The van der Waals surface area contributed by atoms with Crippen molar-refractivity contribution in [3.63, 3.8) is 0 Å². The second kappa shape index (κ2) is 11.5. The van der Waals surface area contributed by atoms with Gasteiger partial charge in [-0.2, -0.15) is 9.97 Å². The number of nitrogens with zero attached hydrogens (tertiary/aromatic N) is 4. The number of rotatable bonds is 5. The number of amides is 2. The summed E-state index contributed by atoms with van der Waals surface area (Å²) < 4.78 is 28.5. The highest BCUT2D eigenvalue weighted by atomic mass is 35.5. The predicted octanol–water partition coefficient (Wildman–Crippen LogP) is 6.19. The van der Waals surface area contributed by atoms with Gasteiger partial charge in [-0.25, -0.2) is 9.18 Å². The number of fused-ring (bicyclic) bond motifs is 4. The number of anilines is 1. The monoisotopic (exact) mass is 647 g/mol. The van der Waals surface area contributed by atoms with Crippen molar-refractivity contribution in [2.24, 2.45) is 0 Å². The number of aromatic nitrogens is 2. The van der Waals surface area contributed by atoms with E-state index in [2.05, 4.69) is 10.3 Å². The summed E-state index contributed by atoms with van der Waals surface area (Å²) >= 11 is 6.87. The number of ether oxygens (including phenoxy) is 2. The Balaban J connectivity index is 1.32. The van der Waals surface area contributed by atoms with E-state index in [-0.39, 0.29) is 64.6 Å². The summed E-state index contributed by atoms with van der Waals surface area (Å²) in [6.45, 7) is 6.59. The second-order valence-electron chi connectivity index (χ2n) is 13.3. The Bertz CT molecular complexity index is 1870. The molecule has 46 heavy (non-hydrogen) atoms. The number of benzene rings is 3. The molecule has 12 heteroatoms. The highest BCUT2D eigenvalue weighted by Crippen LogP contribution is 2.43. The smallest absolute Gasteiger partial charge is 0.410 e. The summed E-state index contributed by atoms with van der Waals surface area (Å²) in [5, 5.41) is 15.4. The molecule has 3 saturated heterocycles. The first kappa shape index (κ1) is 30.3. The van der Waals surface area contributed by atoms with Crippen LogP contribution >= 0.6 is 11.6 Å². The zero-order valence-corrected chi connectivity index (χ0v) is 26.6. The van der Waals surface area contributed by atoms with Crippen LogP contribution in [0.4, 0.5) is 15.0 Å². The summed E-state index contributed by atoms with van der Waals surface area (Å²) in [7, 11) is 0. The zero-order valence-electron chi connectivity index (χ0n) is 25.8. The van der Waals surface area contributed by atoms with E-state index in [0.717, 1.165) is 23.6 Å². The molecule has 0 radical (unpaired) electrons. The Morgan fingerprint density at radius 2 is 1.83 bits per heavy atom. The molecule has 1 aromatic heterocycles. The van der Waals surface area contributed by atoms with Crippen LogP contribution < -0.4 is 15.0 Å². The first-order valence-corrected chi connectivity index (χ1v) is 15.9. The van der Waals surface area contributed by atoms with Crippen molar-refractivity contribution in [3.8, 4) is 22.9 Å². The third-order valence-electron chi connectivity index (χ3n) is 8.84. The lowest BCUT2D eigenvalue weighted by Crippen LogP contribution is -2.57. The maximum atomic E-state index is 16.8. The van der Waals surface area contributed by atoms with Crippen molar-refractivity contribution in [3.05, 3.63) is 53.3 Å². The van der Waals surface area contributed by atoms with Gasteiger partial charge in [0.25, 0.3) is 0 Å². The van der Waals surface area contributed by atoms with Gasteiger partial charge in [0.05, 0.1) is 23.1 Å². The molecule has 3 fully saturated rings. The lowest BCUT2D eigenvalue weighted by Gasteiger charge is -2.42. The maximum absolute atomic E-state index is 16.8. The molecule has 10 nitrogen and oxygen atoms in total. The van der Waals surface area contributed by atoms with Crippen LogP contribution in [0.1, 0.15) is 46.5 Å². The number of halogens is 2. The normalized spacial score (nSPS) is 21.2. The molecule has 2 unspecified atom stereocenters. The second-order valence-corrected chi connectivity index (χ2v) is 13.7. The fourth-order valence-corrected chi connectivity index (χ4v) is 7.17. The van der Waals surface area contributed by atoms with E-state index in [9.17, 15) is 14.7 Å². The lowest BCUT2D eigenvalue weighted by molar-refractivity contribution is -0.119. The van der Waals surface area contributed by atoms with Crippen LogP contribution in [0.15, 0.2) is 42.5 Å². The third kappa shape index (κ3) is 5.61. The van der Waals surface area contributed by atoms with Crippen LogP contribution in [-0.4, -0.2) is 75.4 Å². The van der Waals surface area contributed by atoms with Crippen molar-refractivity contribution in [1.29, 1.82) is 0 Å². The van der Waals surface area contributed by atoms with Gasteiger partial charge >= 0.3 is 12.1 Å². The molecule has 3 aromatic carbocycles. The van der Waals surface area contributed by atoms with E-state index in [0.29, 0.717) is 42.7 Å². The minimum Gasteiger partial charge on any atom is -0.508 e. The largest absolute Gasteiger partial charge is 0.508 e. The molecule has 0 spiro atoms. The number of hydrogen-bond donors (Lipinski definition) is 2. The van der Waals surface area contributed by atoms with Crippen molar-refractivity contribution in [2.45, 2.75) is 70.2 Å². The van der Waals surface area contributed by atoms with Crippen molar-refractivity contribution < 1.29 is 28.6 Å². The van der Waals surface area contributed by atoms with Crippen LogP contribution in [0.25, 0.3) is 32.8 Å². The summed E-state index contributed by atoms with van der Waals surface area (Å²) in [6.07, 6.45) is 2.30. The van der Waals surface area contributed by atoms with Crippen LogP contribution in [0, 0.1) is 5.82 Å². The Morgan fingerprint density at radius 1 is 1.09 bits per heavy atom. The van der Waals surface area contributed by atoms with Gasteiger partial charge in [0, 0.05) is 30.5 Å². The Labute approximate surface area is 270 Å². The van der Waals surface area contributed by atoms with Gasteiger partial charge in [0.2, 0.25) is 5.91 Å². The van der Waals surface area contributed by atoms with E-state index < -0.39 is 11.4 Å². The molecule has 240 valence electrons. The van der Waals surface area contributed by atoms with Crippen LogP contribution in [0.2, 0.25) is 5.02 Å². The topological polar surface area (TPSA) is 117 Å². The molecule has 3 aliphatic heterocycles. The highest BCUT2D eigenvalue weighted by molar-refractivity contribution is 6.35. The Kier molecular flexibility index (Phi) is 7.54. The van der Waals surface area contributed by atoms with Crippen LogP contribution in [0.3, 0.4) is 0 Å². The number of phenolic OH excluding ortho intramolecular Hbond substituents is 1. The molecule has 2 bridgehead atoms. The van der Waals surface area contributed by atoms with Crippen LogP contribution in [0.5, 0.6) is 11.8 Å². The van der Waals surface area contributed by atoms with E-state index >= 15 is 4.39 Å². The van der Waals surface area contributed by atoms with Gasteiger partial charge in [0.1, 0.15) is 29.3 Å². The van der Waals surface area contributed by atoms with E-state index in [4.69, 9.17) is 26.1 Å². The molecule has 0 aliphatic carbocycles. The van der Waals surface area contributed by atoms with E-state index in [1.54, 1.807) is 12.1 Å². The Hall–Kier alpha value is -4.38. The van der Waals surface area contributed by atoms with Crippen molar-refractivity contribution in [2.75, 3.05) is 24.6 Å². The number of piperazine rings is 1. The zero-order chi connectivity index (χ0) is 32.3. The fourth-order valence-electron chi connectivity index (χ4n) is 6.88. The minimum absolute atomic E-state index is 0.0178. The van der Waals surface area contributed by atoms with Gasteiger partial charge in [-0.05, 0) is 74.6 Å². The molecule has 2 N–H and O–H groups in total. The molecule has 7 rings (SSSR count). The van der Waals surface area contributed by atoms with E-state index in [1.807, 2.05) is 54.8 Å². The van der Waals surface area contributed by atoms with Gasteiger partial charge in [-0.1, -0.05) is 35.9 Å². The van der Waals surface area contributed by atoms with Gasteiger partial charge in [-0.15, -0.1) is 0 Å². The fraction of sp³-hybridized carbons (Fsp3) is 0.412. The molecule has 2 amide bonds. The number of nitrogens with one attached hydrogen (secondary N) is 1. The molecule has 3 aliphatic rings. The van der Waals surface area contributed by atoms with Crippen molar-refractivity contribution in [1.82, 2.24) is 20.2 Å². The molecule has 4 aromatic rings. The van der Waals surface area contributed by atoms with E-state index in [1.165, 1.54) is 6.07 Å². The van der Waals surface area contributed by atoms with Gasteiger partial charge < -0.3 is 24.8 Å². The average molecular weight is 648 g/mol. The standard InChI is InChI=1S/C34H35ClFN5O5/c1-34(2,3)46-33(44)41-20-9-10-21(41)16-40(15-20)31-25-14-26(35)28(24-13-22(42)12-18-6-4-5-7-23(18)24)29(36)30(25)38-32(39-31)45-17-19-8-11-27(43)37-19/h4-7,12-14,19-21,42H,8-11,15-17H2,1-3H3,(H,37,43)/t19-,20?,21?/m0/s1. The molecule has 3 atom stereocenters. The number of aromatic hydroxyl groups is 1. The number of hydrogen-bond acceptors (Lipinski definition) is 8. The van der Waals surface area contributed by atoms with Gasteiger partial charge in [-0.3, -0.25) is 9.69 Å². The molecular formula is C34H35ClFN5O5. The maximum Gasteiger partial charge on any atom is 0.410 e. The van der Waals surface area contributed by atoms with Crippen molar-refractivity contribution >= 4 is 51.1 Å². The predicted molar refractivity (Wildman–Crippen MR) is 173 cm³/mol. The summed E-state index contributed by atoms with van der Waals surface area (Å²) in [5.41, 5.74) is -0.0618. The SMILES string of the molecule is CC(C)(C)OC(=O)N1C2CCC1CN(c1nc(OC[C@@H]3CCC(=O)N3)nc3c(F)c(-c4cc(O)cc5ccccc45)c(Cl)cc13)C2. The molecule has 4 heterocycles. The summed E-state index contributed by atoms with van der Waals surface area (Å²) in [6, 6.07) is 11.7. The Morgan fingerprint density at radius 3 is 2.52 bits per heavy atom. The summed E-state index contributed by atoms with van der Waals surface area (Å²) in [4.78, 5) is 38.0. The highest BCUT2D eigenvalue weighted by Gasteiger charge is 2.45. The first-order valence-electron chi connectivity index (χ1n) is 15.6. The minimum atomic E-state index is -0.670. The third-order valence-corrected chi connectivity index (χ3v) is 9.14. The first-order chi connectivity index (χ1) is 21.9. The number of carbonyl (C=O) groups excluding carboxylic acids is 2. The van der Waals surface area contributed by atoms with Gasteiger partial charge in [0.15, 0.2) is 5.82 Å².